The lowest BCUT2D eigenvalue weighted by Gasteiger charge is -2.10. The number of rotatable bonds is 10. The highest BCUT2D eigenvalue weighted by atomic mass is 35.5. The monoisotopic (exact) mass is 569 g/mol. The molecule has 0 saturated carbocycles. The van der Waals surface area contributed by atoms with Crippen LogP contribution in [0.15, 0.2) is 79.2 Å². The van der Waals surface area contributed by atoms with Crippen molar-refractivity contribution in [2.75, 3.05) is 36.6 Å². The topological polar surface area (TPSA) is 115 Å². The van der Waals surface area contributed by atoms with Crippen molar-refractivity contribution in [2.24, 2.45) is 0 Å². The Bertz CT molecular complexity index is 1570. The highest BCUT2D eigenvalue weighted by Crippen LogP contribution is 2.32. The van der Waals surface area contributed by atoms with Gasteiger partial charge in [0.2, 0.25) is 11.9 Å². The van der Waals surface area contributed by atoms with Crippen LogP contribution in [-0.4, -0.2) is 52.3 Å². The minimum Gasteiger partial charge on any atom is -0.364 e. The molecule has 9 nitrogen and oxygen atoms in total. The number of anilines is 4. The van der Waals surface area contributed by atoms with Crippen molar-refractivity contribution < 1.29 is 9.59 Å². The van der Waals surface area contributed by atoms with Crippen LogP contribution in [0.2, 0.25) is 5.02 Å². The van der Waals surface area contributed by atoms with E-state index in [-0.39, 0.29) is 11.8 Å². The van der Waals surface area contributed by atoms with Crippen LogP contribution in [0, 0.1) is 6.92 Å². The molecule has 0 fully saturated rings. The third kappa shape index (κ3) is 7.91. The Labute approximate surface area is 244 Å². The van der Waals surface area contributed by atoms with Gasteiger partial charge in [-0.15, -0.1) is 0 Å². The van der Waals surface area contributed by atoms with Crippen LogP contribution in [0.4, 0.5) is 23.0 Å². The fourth-order valence-corrected chi connectivity index (χ4v) is 4.15. The van der Waals surface area contributed by atoms with E-state index < -0.39 is 0 Å². The number of amides is 2. The first-order chi connectivity index (χ1) is 19.7. The summed E-state index contributed by atoms with van der Waals surface area (Å²) in [5.74, 6) is -0.0957. The molecule has 0 atom stereocenters. The Kier molecular flexibility index (Phi) is 9.68. The molecule has 0 radical (unpaired) electrons. The Morgan fingerprint density at radius 2 is 1.66 bits per heavy atom. The molecule has 10 heteroatoms. The van der Waals surface area contributed by atoms with Gasteiger partial charge < -0.3 is 25.8 Å². The van der Waals surface area contributed by atoms with Crippen molar-refractivity contribution in [3.8, 4) is 11.3 Å². The number of halogens is 1. The first kappa shape index (κ1) is 29.3. The first-order valence-corrected chi connectivity index (χ1v) is 13.4. The number of H-pyrrole nitrogens is 1. The van der Waals surface area contributed by atoms with Gasteiger partial charge in [0.05, 0.1) is 16.9 Å². The number of carbonyl (C=O) groups excluding carboxylic acids is 2. The number of benzene rings is 2. The summed E-state index contributed by atoms with van der Waals surface area (Å²) in [7, 11) is 3.85. The van der Waals surface area contributed by atoms with Crippen LogP contribution >= 0.6 is 11.6 Å². The lowest BCUT2D eigenvalue weighted by Crippen LogP contribution is -2.13. The molecular weight excluding hydrogens is 538 g/mol. The van der Waals surface area contributed by atoms with Crippen molar-refractivity contribution >= 4 is 52.5 Å². The van der Waals surface area contributed by atoms with E-state index in [1.165, 1.54) is 6.08 Å². The highest BCUT2D eigenvalue weighted by Gasteiger charge is 2.14. The normalized spacial score (nSPS) is 11.4. The maximum Gasteiger partial charge on any atom is 0.255 e. The SMILES string of the molecule is CC=Cc1c(-c2nc(Nc3ccc(NC(=O)c4ccc(NC(=O)C=CCN(C)C)cc4)cc3)ncc2Cl)c[nH]c1C. The van der Waals surface area contributed by atoms with Gasteiger partial charge in [-0.05, 0) is 76.5 Å². The third-order valence-electron chi connectivity index (χ3n) is 6.01. The maximum atomic E-state index is 12.7. The molecule has 0 aliphatic rings. The summed E-state index contributed by atoms with van der Waals surface area (Å²) >= 11 is 6.44. The van der Waals surface area contributed by atoms with E-state index in [2.05, 4.69) is 30.9 Å². The van der Waals surface area contributed by atoms with E-state index >= 15 is 0 Å². The average Bonchev–Trinajstić information content (AvgIpc) is 3.31. The van der Waals surface area contributed by atoms with Crippen molar-refractivity contribution in [1.29, 1.82) is 0 Å². The van der Waals surface area contributed by atoms with E-state index in [1.807, 2.05) is 63.3 Å². The molecule has 0 spiro atoms. The molecule has 41 heavy (non-hydrogen) atoms. The highest BCUT2D eigenvalue weighted by molar-refractivity contribution is 6.33. The zero-order chi connectivity index (χ0) is 29.4. The smallest absolute Gasteiger partial charge is 0.255 e. The lowest BCUT2D eigenvalue weighted by molar-refractivity contribution is -0.111. The number of hydrogen-bond donors (Lipinski definition) is 4. The predicted molar refractivity (Wildman–Crippen MR) is 167 cm³/mol. The van der Waals surface area contributed by atoms with Crippen molar-refractivity contribution in [2.45, 2.75) is 13.8 Å². The van der Waals surface area contributed by atoms with Gasteiger partial charge in [-0.3, -0.25) is 9.59 Å². The molecular formula is C31H32ClN7O2. The summed E-state index contributed by atoms with van der Waals surface area (Å²) in [6.07, 6.45) is 10.7. The Morgan fingerprint density at radius 1 is 1.00 bits per heavy atom. The fourth-order valence-electron chi connectivity index (χ4n) is 3.96. The lowest BCUT2D eigenvalue weighted by atomic mass is 10.1. The van der Waals surface area contributed by atoms with Crippen molar-refractivity contribution in [1.82, 2.24) is 19.9 Å². The van der Waals surface area contributed by atoms with Gasteiger partial charge in [-0.25, -0.2) is 9.97 Å². The Balaban J connectivity index is 1.37. The minimum atomic E-state index is -0.265. The number of aromatic amines is 1. The number of nitrogens with one attached hydrogen (secondary N) is 4. The second kappa shape index (κ2) is 13.6. The second-order valence-corrected chi connectivity index (χ2v) is 9.93. The standard InChI is InChI=1S/C31H32ClN7O2/c1-5-7-25-20(2)33-18-26(25)29-27(32)19-34-31(38-29)37-24-15-13-23(14-16-24)36-30(41)21-9-11-22(12-10-21)35-28(40)8-6-17-39(3)4/h5-16,18-19,33H,17H2,1-4H3,(H,35,40)(H,36,41)(H,34,37,38). The predicted octanol–water partition coefficient (Wildman–Crippen LogP) is 6.52. The zero-order valence-corrected chi connectivity index (χ0v) is 24.1. The Hall–Kier alpha value is -4.73. The fraction of sp³-hybridized carbons (Fsp3) is 0.161. The van der Waals surface area contributed by atoms with Gasteiger partial charge >= 0.3 is 0 Å². The molecule has 4 aromatic rings. The van der Waals surface area contributed by atoms with E-state index in [4.69, 9.17) is 11.6 Å². The number of nitrogens with zero attached hydrogens (tertiary/aromatic N) is 3. The van der Waals surface area contributed by atoms with Crippen LogP contribution in [0.3, 0.4) is 0 Å². The number of aryl methyl sites for hydroxylation is 1. The maximum absolute atomic E-state index is 12.7. The van der Waals surface area contributed by atoms with Gasteiger partial charge in [-0.1, -0.05) is 29.8 Å². The Morgan fingerprint density at radius 3 is 2.34 bits per heavy atom. The molecule has 0 aliphatic carbocycles. The third-order valence-corrected chi connectivity index (χ3v) is 6.29. The average molecular weight is 570 g/mol. The van der Waals surface area contributed by atoms with Gasteiger partial charge in [-0.2, -0.15) is 0 Å². The van der Waals surface area contributed by atoms with Crippen LogP contribution < -0.4 is 16.0 Å². The summed E-state index contributed by atoms with van der Waals surface area (Å²) in [6.45, 7) is 4.63. The largest absolute Gasteiger partial charge is 0.364 e. The van der Waals surface area contributed by atoms with Gasteiger partial charge in [0.25, 0.3) is 5.91 Å². The van der Waals surface area contributed by atoms with Crippen LogP contribution in [0.5, 0.6) is 0 Å². The minimum absolute atomic E-state index is 0.226. The number of carbonyl (C=O) groups is 2. The van der Waals surface area contributed by atoms with Gasteiger partial charge in [0.15, 0.2) is 0 Å². The van der Waals surface area contributed by atoms with E-state index in [0.717, 1.165) is 22.5 Å². The van der Waals surface area contributed by atoms with Gasteiger partial charge in [0.1, 0.15) is 0 Å². The molecule has 2 aromatic heterocycles. The number of likely N-dealkylation sites (N-methyl/N-ethyl adjacent to an activating group) is 1. The zero-order valence-electron chi connectivity index (χ0n) is 23.3. The molecule has 0 aliphatic heterocycles. The summed E-state index contributed by atoms with van der Waals surface area (Å²) < 4.78 is 0. The molecule has 2 aromatic carbocycles. The summed E-state index contributed by atoms with van der Waals surface area (Å²) in [5.41, 5.74) is 5.99. The molecule has 0 bridgehead atoms. The molecule has 2 amide bonds. The van der Waals surface area contributed by atoms with Crippen molar-refractivity contribution in [3.05, 3.63) is 101 Å². The molecule has 210 valence electrons. The van der Waals surface area contributed by atoms with E-state index in [0.29, 0.717) is 40.1 Å². The summed E-state index contributed by atoms with van der Waals surface area (Å²) in [4.78, 5) is 38.9. The molecule has 4 N–H and O–H groups in total. The quantitative estimate of drug-likeness (QED) is 0.162. The number of hydrogen-bond acceptors (Lipinski definition) is 6. The number of aromatic nitrogens is 3. The van der Waals surface area contributed by atoms with E-state index in [9.17, 15) is 9.59 Å². The van der Waals surface area contributed by atoms with Crippen LogP contribution in [0.25, 0.3) is 17.3 Å². The second-order valence-electron chi connectivity index (χ2n) is 9.52. The van der Waals surface area contributed by atoms with Crippen LogP contribution in [-0.2, 0) is 4.79 Å². The van der Waals surface area contributed by atoms with Crippen LogP contribution in [0.1, 0.15) is 28.5 Å². The first-order valence-electron chi connectivity index (χ1n) is 13.0. The van der Waals surface area contributed by atoms with E-state index in [1.54, 1.807) is 48.7 Å². The summed E-state index contributed by atoms with van der Waals surface area (Å²) in [6, 6.07) is 13.9. The molecule has 4 rings (SSSR count). The summed E-state index contributed by atoms with van der Waals surface area (Å²) in [5, 5.41) is 9.29. The van der Waals surface area contributed by atoms with Crippen molar-refractivity contribution in [3.63, 3.8) is 0 Å². The van der Waals surface area contributed by atoms with Gasteiger partial charge in [0, 0.05) is 58.3 Å². The molecule has 0 saturated heterocycles. The molecule has 2 heterocycles. The molecule has 0 unspecified atom stereocenters. The number of allylic oxidation sites excluding steroid dienone is 1.